The number of carbonyl (C=O) groups excluding carboxylic acids is 1. The number of hydrogen-bond acceptors (Lipinski definition) is 3. The highest BCUT2D eigenvalue weighted by molar-refractivity contribution is 5.72. The van der Waals surface area contributed by atoms with E-state index in [2.05, 4.69) is 6.92 Å². The molecule has 2 rings (SSSR count). The number of methoxy groups -OCH3 is 1. The zero-order chi connectivity index (χ0) is 14.2. The first-order chi connectivity index (χ1) is 8.85. The highest BCUT2D eigenvalue weighted by atomic mass is 16.5. The molecule has 0 radical (unpaired) electrons. The molecule has 3 nitrogen and oxygen atoms in total. The van der Waals surface area contributed by atoms with Crippen LogP contribution in [0.25, 0.3) is 0 Å². The Hall–Kier alpha value is -0.570. The molecule has 2 aliphatic rings. The van der Waals surface area contributed by atoms with Crippen LogP contribution in [0, 0.1) is 29.6 Å². The zero-order valence-electron chi connectivity index (χ0n) is 12.7. The predicted octanol–water partition coefficient (Wildman–Crippen LogP) is 3.01. The van der Waals surface area contributed by atoms with Gasteiger partial charge in [-0.2, -0.15) is 0 Å². The van der Waals surface area contributed by atoms with Gasteiger partial charge in [0.25, 0.3) is 0 Å². The van der Waals surface area contributed by atoms with Gasteiger partial charge in [0.05, 0.1) is 18.6 Å². The van der Waals surface area contributed by atoms with Gasteiger partial charge in [0.15, 0.2) is 0 Å². The molecular weight excluding hydrogens is 240 g/mol. The Labute approximate surface area is 116 Å². The number of ether oxygens (including phenoxy) is 1. The Kier molecular flexibility index (Phi) is 4.24. The van der Waals surface area contributed by atoms with Crippen LogP contribution < -0.4 is 0 Å². The van der Waals surface area contributed by atoms with Crippen LogP contribution in [0.3, 0.4) is 0 Å². The lowest BCUT2D eigenvalue weighted by Gasteiger charge is -2.50. The Morgan fingerprint density at radius 3 is 2.63 bits per heavy atom. The van der Waals surface area contributed by atoms with Crippen molar-refractivity contribution in [3.8, 4) is 0 Å². The molecule has 0 saturated heterocycles. The summed E-state index contributed by atoms with van der Waals surface area (Å²) in [6, 6.07) is 0. The van der Waals surface area contributed by atoms with Gasteiger partial charge in [0.1, 0.15) is 0 Å². The van der Waals surface area contributed by atoms with Crippen LogP contribution in [0.15, 0.2) is 0 Å². The van der Waals surface area contributed by atoms with Gasteiger partial charge >= 0.3 is 5.97 Å². The fourth-order valence-electron chi connectivity index (χ4n) is 4.49. The monoisotopic (exact) mass is 268 g/mol. The minimum Gasteiger partial charge on any atom is -0.469 e. The van der Waals surface area contributed by atoms with E-state index >= 15 is 0 Å². The highest BCUT2D eigenvalue weighted by Crippen LogP contribution is 2.51. The van der Waals surface area contributed by atoms with Gasteiger partial charge in [-0.1, -0.05) is 20.3 Å². The number of aliphatic hydroxyl groups is 1. The van der Waals surface area contributed by atoms with E-state index in [9.17, 15) is 9.90 Å². The largest absolute Gasteiger partial charge is 0.469 e. The minimum absolute atomic E-state index is 0.0427. The molecule has 2 aliphatic carbocycles. The molecule has 0 unspecified atom stereocenters. The third-order valence-corrected chi connectivity index (χ3v) is 5.69. The number of rotatable bonds is 2. The molecule has 0 amide bonds. The van der Waals surface area contributed by atoms with E-state index in [-0.39, 0.29) is 11.9 Å². The van der Waals surface area contributed by atoms with E-state index in [4.69, 9.17) is 4.74 Å². The molecule has 1 N–H and O–H groups in total. The molecule has 19 heavy (non-hydrogen) atoms. The molecule has 110 valence electrons. The van der Waals surface area contributed by atoms with Crippen LogP contribution in [0.5, 0.6) is 0 Å². The van der Waals surface area contributed by atoms with Crippen molar-refractivity contribution in [3.63, 3.8) is 0 Å². The SMILES string of the molecule is COC(=O)[C@H](C)[C@@H]1CC[C@@H](C)[C@@H]2CC[C@](C)(O)C[C@@H]21. The Morgan fingerprint density at radius 2 is 2.00 bits per heavy atom. The van der Waals surface area contributed by atoms with Crippen molar-refractivity contribution in [2.75, 3.05) is 7.11 Å². The summed E-state index contributed by atoms with van der Waals surface area (Å²) in [4.78, 5) is 11.8. The summed E-state index contributed by atoms with van der Waals surface area (Å²) in [5.74, 6) is 2.11. The van der Waals surface area contributed by atoms with Crippen LogP contribution in [-0.4, -0.2) is 23.8 Å². The van der Waals surface area contributed by atoms with Gasteiger partial charge < -0.3 is 9.84 Å². The highest BCUT2D eigenvalue weighted by Gasteiger charge is 2.47. The van der Waals surface area contributed by atoms with E-state index in [1.54, 1.807) is 0 Å². The molecule has 0 aromatic heterocycles. The zero-order valence-corrected chi connectivity index (χ0v) is 12.7. The topological polar surface area (TPSA) is 46.5 Å². The van der Waals surface area contributed by atoms with E-state index in [0.29, 0.717) is 17.8 Å². The number of carbonyl (C=O) groups is 1. The maximum Gasteiger partial charge on any atom is 0.308 e. The first kappa shape index (κ1) is 14.8. The summed E-state index contributed by atoms with van der Waals surface area (Å²) in [5.41, 5.74) is -0.549. The normalized spacial score (nSPS) is 44.3. The number of fused-ring (bicyclic) bond motifs is 1. The van der Waals surface area contributed by atoms with Crippen LogP contribution in [-0.2, 0) is 9.53 Å². The molecular formula is C16H28O3. The molecule has 6 atom stereocenters. The van der Waals surface area contributed by atoms with Gasteiger partial charge in [-0.05, 0) is 56.3 Å². The second-order valence-electron chi connectivity index (χ2n) is 7.10. The van der Waals surface area contributed by atoms with Crippen molar-refractivity contribution in [2.45, 2.75) is 58.5 Å². The maximum atomic E-state index is 11.8. The Balaban J connectivity index is 2.17. The van der Waals surface area contributed by atoms with Crippen LogP contribution in [0.1, 0.15) is 52.9 Å². The van der Waals surface area contributed by atoms with E-state index < -0.39 is 5.60 Å². The second-order valence-corrected chi connectivity index (χ2v) is 7.10. The molecule has 0 aliphatic heterocycles. The fourth-order valence-corrected chi connectivity index (χ4v) is 4.49. The summed E-state index contributed by atoms with van der Waals surface area (Å²) >= 11 is 0. The molecule has 0 aromatic carbocycles. The lowest BCUT2D eigenvalue weighted by molar-refractivity contribution is -0.151. The molecule has 0 bridgehead atoms. The summed E-state index contributed by atoms with van der Waals surface area (Å²) in [6.07, 6.45) is 5.14. The fraction of sp³-hybridized carbons (Fsp3) is 0.938. The lowest BCUT2D eigenvalue weighted by atomic mass is 9.56. The van der Waals surface area contributed by atoms with Crippen LogP contribution >= 0.6 is 0 Å². The summed E-state index contributed by atoms with van der Waals surface area (Å²) in [6.45, 7) is 6.27. The molecule has 2 fully saturated rings. The smallest absolute Gasteiger partial charge is 0.308 e. The maximum absolute atomic E-state index is 11.8. The molecule has 2 saturated carbocycles. The van der Waals surface area contributed by atoms with Gasteiger partial charge in [-0.3, -0.25) is 4.79 Å². The van der Waals surface area contributed by atoms with Crippen molar-refractivity contribution < 1.29 is 14.6 Å². The standard InChI is InChI=1S/C16H28O3/c1-10-5-6-13(11(2)15(17)19-4)14-9-16(3,18)8-7-12(10)14/h10-14,18H,5-9H2,1-4H3/t10-,11-,12+,13+,14+,16+/m1/s1. The lowest BCUT2D eigenvalue weighted by Crippen LogP contribution is -2.47. The van der Waals surface area contributed by atoms with Crippen LogP contribution in [0.2, 0.25) is 0 Å². The summed E-state index contributed by atoms with van der Waals surface area (Å²) in [5, 5.41) is 10.4. The first-order valence-electron chi connectivity index (χ1n) is 7.66. The second kappa shape index (κ2) is 5.43. The Bertz CT molecular complexity index is 337. The van der Waals surface area contributed by atoms with Crippen LogP contribution in [0.4, 0.5) is 0 Å². The van der Waals surface area contributed by atoms with E-state index in [1.165, 1.54) is 13.5 Å². The van der Waals surface area contributed by atoms with Crippen molar-refractivity contribution >= 4 is 5.97 Å². The van der Waals surface area contributed by atoms with E-state index in [1.807, 2.05) is 13.8 Å². The van der Waals surface area contributed by atoms with E-state index in [0.717, 1.165) is 31.6 Å². The third-order valence-electron chi connectivity index (χ3n) is 5.69. The Morgan fingerprint density at radius 1 is 1.32 bits per heavy atom. The van der Waals surface area contributed by atoms with Crippen molar-refractivity contribution in [2.24, 2.45) is 29.6 Å². The summed E-state index contributed by atoms with van der Waals surface area (Å²) in [7, 11) is 1.47. The minimum atomic E-state index is -0.549. The summed E-state index contributed by atoms with van der Waals surface area (Å²) < 4.78 is 4.92. The van der Waals surface area contributed by atoms with Gasteiger partial charge in [-0.25, -0.2) is 0 Å². The quantitative estimate of drug-likeness (QED) is 0.783. The molecule has 0 spiro atoms. The van der Waals surface area contributed by atoms with Gasteiger partial charge in [0, 0.05) is 0 Å². The van der Waals surface area contributed by atoms with Crippen molar-refractivity contribution in [1.82, 2.24) is 0 Å². The molecule has 0 heterocycles. The van der Waals surface area contributed by atoms with Crippen molar-refractivity contribution in [3.05, 3.63) is 0 Å². The van der Waals surface area contributed by atoms with Gasteiger partial charge in [-0.15, -0.1) is 0 Å². The van der Waals surface area contributed by atoms with Crippen molar-refractivity contribution in [1.29, 1.82) is 0 Å². The first-order valence-corrected chi connectivity index (χ1v) is 7.66. The molecule has 0 aromatic rings. The number of hydrogen-bond donors (Lipinski definition) is 1. The predicted molar refractivity (Wildman–Crippen MR) is 74.5 cm³/mol. The van der Waals surface area contributed by atoms with Gasteiger partial charge in [0.2, 0.25) is 0 Å². The third kappa shape index (κ3) is 2.96. The number of esters is 1. The molecule has 3 heteroatoms. The average Bonchev–Trinajstić information content (AvgIpc) is 2.36. The average molecular weight is 268 g/mol.